The number of halogens is 3. The smallest absolute Gasteiger partial charge is 0.414 e. The van der Waals surface area contributed by atoms with Crippen molar-refractivity contribution in [3.05, 3.63) is 72.4 Å². The number of rotatable bonds is 27. The van der Waals surface area contributed by atoms with Crippen molar-refractivity contribution in [2.75, 3.05) is 19.8 Å². The monoisotopic (exact) mass is 711 g/mol. The molecule has 0 aliphatic rings. The maximum Gasteiger partial charge on any atom is 0.414 e. The summed E-state index contributed by atoms with van der Waals surface area (Å²) >= 11 is 0. The number of hydrogen-bond acceptors (Lipinski definition) is 5. The van der Waals surface area contributed by atoms with Crippen LogP contribution in [0.2, 0.25) is 0 Å². The van der Waals surface area contributed by atoms with E-state index in [9.17, 15) is 18.0 Å². The Balaban J connectivity index is 1.26. The second-order valence-electron chi connectivity index (χ2n) is 13.6. The van der Waals surface area contributed by atoms with Gasteiger partial charge in [0.2, 0.25) is 0 Å². The molecule has 51 heavy (non-hydrogen) atoms. The molecule has 0 amide bonds. The third-order valence-corrected chi connectivity index (χ3v) is 9.23. The summed E-state index contributed by atoms with van der Waals surface area (Å²) in [4.78, 5) is 17.1. The van der Waals surface area contributed by atoms with Gasteiger partial charge in [-0.3, -0.25) is 4.98 Å². The second kappa shape index (κ2) is 24.7. The first kappa shape index (κ1) is 42.0. The molecule has 0 fully saturated rings. The van der Waals surface area contributed by atoms with E-state index < -0.39 is 12.3 Å². The lowest BCUT2D eigenvalue weighted by Crippen LogP contribution is -2.28. The first-order valence-electron chi connectivity index (χ1n) is 19.4. The maximum atomic E-state index is 12.5. The Hall–Kier alpha value is -3.39. The molecule has 0 saturated carbocycles. The van der Waals surface area contributed by atoms with Crippen molar-refractivity contribution in [2.45, 2.75) is 142 Å². The number of nitrogens with zero attached hydrogens (tertiary/aromatic N) is 1. The Morgan fingerprint density at radius 1 is 0.608 bits per heavy atom. The van der Waals surface area contributed by atoms with Crippen LogP contribution in [0.15, 0.2) is 66.9 Å². The van der Waals surface area contributed by atoms with Crippen molar-refractivity contribution in [1.29, 1.82) is 0 Å². The molecule has 0 aliphatic carbocycles. The van der Waals surface area contributed by atoms with Gasteiger partial charge in [0.1, 0.15) is 5.75 Å². The van der Waals surface area contributed by atoms with Crippen molar-refractivity contribution >= 4 is 5.97 Å². The molecule has 0 spiro atoms. The molecule has 1 atom stereocenters. The number of pyridine rings is 1. The third-order valence-electron chi connectivity index (χ3n) is 9.23. The third kappa shape index (κ3) is 17.6. The van der Waals surface area contributed by atoms with Gasteiger partial charge >= 0.3 is 12.1 Å². The number of unbranched alkanes of at least 4 members (excludes halogenated alkanes) is 16. The van der Waals surface area contributed by atoms with Gasteiger partial charge < -0.3 is 14.2 Å². The van der Waals surface area contributed by atoms with Crippen LogP contribution in [0.25, 0.3) is 22.4 Å². The molecule has 1 unspecified atom stereocenters. The van der Waals surface area contributed by atoms with Gasteiger partial charge in [-0.1, -0.05) is 134 Å². The summed E-state index contributed by atoms with van der Waals surface area (Å²) in [6.07, 6.45) is 17.0. The molecule has 0 radical (unpaired) electrons. The van der Waals surface area contributed by atoms with Crippen LogP contribution in [0.5, 0.6) is 5.75 Å². The lowest BCUT2D eigenvalue weighted by molar-refractivity contribution is -0.214. The molecule has 1 heterocycles. The summed E-state index contributed by atoms with van der Waals surface area (Å²) in [7, 11) is 0. The number of carbonyl (C=O) groups is 1. The molecule has 8 heteroatoms. The van der Waals surface area contributed by atoms with Gasteiger partial charge in [0.15, 0.2) is 6.10 Å². The summed E-state index contributed by atoms with van der Waals surface area (Å²) in [6.45, 7) is 4.44. The van der Waals surface area contributed by atoms with Crippen LogP contribution in [0.1, 0.15) is 140 Å². The number of benzene rings is 2. The van der Waals surface area contributed by atoms with Gasteiger partial charge in [-0.05, 0) is 62.1 Å². The van der Waals surface area contributed by atoms with E-state index in [2.05, 4.69) is 24.0 Å². The summed E-state index contributed by atoms with van der Waals surface area (Å²) in [5.74, 6) is 0.513. The Bertz CT molecular complexity index is 1330. The Labute approximate surface area is 304 Å². The average molecular weight is 712 g/mol. The van der Waals surface area contributed by atoms with Crippen LogP contribution in [-0.4, -0.2) is 43.1 Å². The quantitative estimate of drug-likeness (QED) is 0.0582. The topological polar surface area (TPSA) is 57.7 Å². The fourth-order valence-electron chi connectivity index (χ4n) is 5.90. The van der Waals surface area contributed by atoms with E-state index in [0.29, 0.717) is 25.0 Å². The molecule has 0 bridgehead atoms. The van der Waals surface area contributed by atoms with Crippen molar-refractivity contribution in [3.63, 3.8) is 0 Å². The predicted octanol–water partition coefficient (Wildman–Crippen LogP) is 13.0. The van der Waals surface area contributed by atoms with E-state index in [1.807, 2.05) is 42.6 Å². The fourth-order valence-corrected chi connectivity index (χ4v) is 5.90. The molecule has 3 aromatic rings. The Kier molecular flexibility index (Phi) is 20.4. The SMILES string of the molecule is CCCCCCCCCCCCCCCOc1ccc(-c2ccc(-c3ccc(C(=O)OCCCCCCCOC(C)C(F)(F)F)cc3)nc2)cc1. The van der Waals surface area contributed by atoms with Crippen molar-refractivity contribution in [2.24, 2.45) is 0 Å². The van der Waals surface area contributed by atoms with E-state index in [0.717, 1.165) is 67.3 Å². The lowest BCUT2D eigenvalue weighted by atomic mass is 10.0. The minimum atomic E-state index is -4.32. The molecule has 5 nitrogen and oxygen atoms in total. The zero-order valence-electron chi connectivity index (χ0n) is 31.0. The highest BCUT2D eigenvalue weighted by atomic mass is 19.4. The van der Waals surface area contributed by atoms with E-state index in [-0.39, 0.29) is 12.6 Å². The zero-order valence-corrected chi connectivity index (χ0v) is 31.0. The van der Waals surface area contributed by atoms with E-state index in [1.165, 1.54) is 77.0 Å². The zero-order chi connectivity index (χ0) is 36.6. The van der Waals surface area contributed by atoms with Crippen LogP contribution in [0.3, 0.4) is 0 Å². The number of hydrogen-bond donors (Lipinski definition) is 0. The summed E-state index contributed by atoms with van der Waals surface area (Å²) in [5, 5.41) is 0. The van der Waals surface area contributed by atoms with Gasteiger partial charge in [0, 0.05) is 23.9 Å². The Morgan fingerprint density at radius 3 is 1.63 bits per heavy atom. The molecule has 1 aromatic heterocycles. The first-order chi connectivity index (χ1) is 24.8. The molecule has 0 N–H and O–H groups in total. The molecule has 282 valence electrons. The van der Waals surface area contributed by atoms with Gasteiger partial charge in [0.25, 0.3) is 0 Å². The van der Waals surface area contributed by atoms with Crippen LogP contribution < -0.4 is 4.74 Å². The number of ether oxygens (including phenoxy) is 3. The molecular weight excluding hydrogens is 651 g/mol. The van der Waals surface area contributed by atoms with Gasteiger partial charge in [-0.25, -0.2) is 4.79 Å². The maximum absolute atomic E-state index is 12.5. The largest absolute Gasteiger partial charge is 0.494 e. The minimum Gasteiger partial charge on any atom is -0.494 e. The van der Waals surface area contributed by atoms with Gasteiger partial charge in [-0.15, -0.1) is 0 Å². The van der Waals surface area contributed by atoms with Crippen LogP contribution in [0.4, 0.5) is 13.2 Å². The molecular formula is C43H60F3NO4. The minimum absolute atomic E-state index is 0.0918. The average Bonchev–Trinajstić information content (AvgIpc) is 3.14. The Morgan fingerprint density at radius 2 is 1.10 bits per heavy atom. The molecule has 0 saturated heterocycles. The number of esters is 1. The van der Waals surface area contributed by atoms with Crippen LogP contribution in [-0.2, 0) is 9.47 Å². The van der Waals surface area contributed by atoms with E-state index in [4.69, 9.17) is 14.2 Å². The van der Waals surface area contributed by atoms with Crippen molar-refractivity contribution in [1.82, 2.24) is 4.98 Å². The van der Waals surface area contributed by atoms with E-state index in [1.54, 1.807) is 12.1 Å². The van der Waals surface area contributed by atoms with Crippen molar-refractivity contribution in [3.8, 4) is 28.1 Å². The van der Waals surface area contributed by atoms with Crippen LogP contribution >= 0.6 is 0 Å². The molecule has 2 aromatic carbocycles. The van der Waals surface area contributed by atoms with E-state index >= 15 is 0 Å². The second-order valence-corrected chi connectivity index (χ2v) is 13.6. The standard InChI is InChI=1S/C43H60F3NO4/c1-3-4-5-6-7-8-9-10-11-12-13-15-19-32-50-40-28-25-36(26-29-40)39-27-30-41(47-34-39)37-21-23-38(24-22-37)42(48)51-33-20-17-14-16-18-31-49-35(2)43(44,45)46/h21-30,34-35H,3-20,31-33H2,1-2H3. The molecule has 0 aliphatic heterocycles. The highest BCUT2D eigenvalue weighted by molar-refractivity contribution is 5.90. The summed E-state index contributed by atoms with van der Waals surface area (Å²) in [6, 6.07) is 19.4. The van der Waals surface area contributed by atoms with Gasteiger partial charge in [0.05, 0.1) is 24.5 Å². The van der Waals surface area contributed by atoms with Crippen molar-refractivity contribution < 1.29 is 32.2 Å². The fraction of sp³-hybridized carbons (Fsp3) is 0.581. The summed E-state index contributed by atoms with van der Waals surface area (Å²) in [5.41, 5.74) is 4.29. The van der Waals surface area contributed by atoms with Gasteiger partial charge in [-0.2, -0.15) is 13.2 Å². The number of alkyl halides is 3. The lowest BCUT2D eigenvalue weighted by Gasteiger charge is -2.16. The summed E-state index contributed by atoms with van der Waals surface area (Å²) < 4.78 is 53.5. The molecule has 3 rings (SSSR count). The predicted molar refractivity (Wildman–Crippen MR) is 201 cm³/mol. The highest BCUT2D eigenvalue weighted by Crippen LogP contribution is 2.26. The first-order valence-corrected chi connectivity index (χ1v) is 19.4. The highest BCUT2D eigenvalue weighted by Gasteiger charge is 2.36. The van der Waals surface area contributed by atoms with Crippen LogP contribution in [0, 0.1) is 0 Å². The normalized spacial score (nSPS) is 12.2. The number of aromatic nitrogens is 1. The number of carbonyl (C=O) groups excluding carboxylic acids is 1.